The number of carboxylic acid groups (broad SMARTS) is 1. The number of benzene rings is 1. The zero-order valence-electron chi connectivity index (χ0n) is 15.4. The van der Waals surface area contributed by atoms with Crippen LogP contribution in [0.5, 0.6) is 0 Å². The molecule has 4 rings (SSSR count). The molecule has 1 N–H and O–H groups in total. The molecule has 144 valence electrons. The number of hydrogen-bond donors (Lipinski definition) is 1. The minimum atomic E-state index is -0.866. The number of carboxylic acids is 1. The van der Waals surface area contributed by atoms with E-state index in [-0.39, 0.29) is 23.7 Å². The van der Waals surface area contributed by atoms with Crippen molar-refractivity contribution >= 4 is 17.8 Å². The Morgan fingerprint density at radius 2 is 1.67 bits per heavy atom. The Labute approximate surface area is 159 Å². The second-order valence-electron chi connectivity index (χ2n) is 8.06. The summed E-state index contributed by atoms with van der Waals surface area (Å²) in [7, 11) is 0. The van der Waals surface area contributed by atoms with Crippen molar-refractivity contribution in [1.82, 2.24) is 9.80 Å². The van der Waals surface area contributed by atoms with Gasteiger partial charge in [-0.25, -0.2) is 4.79 Å². The SMILES string of the molecule is O=C(O)C1C2CCCC2CN1C(=O)C1CCN(C(=O)c2ccccc2)CC1. The smallest absolute Gasteiger partial charge is 0.326 e. The number of amides is 2. The molecule has 3 fully saturated rings. The second kappa shape index (κ2) is 7.33. The Morgan fingerprint density at radius 1 is 0.963 bits per heavy atom. The van der Waals surface area contributed by atoms with Gasteiger partial charge in [-0.15, -0.1) is 0 Å². The van der Waals surface area contributed by atoms with Gasteiger partial charge in [-0.2, -0.15) is 0 Å². The molecule has 6 heteroatoms. The fourth-order valence-electron chi connectivity index (χ4n) is 5.18. The molecule has 1 aromatic rings. The van der Waals surface area contributed by atoms with E-state index in [0.29, 0.717) is 44.0 Å². The van der Waals surface area contributed by atoms with E-state index >= 15 is 0 Å². The van der Waals surface area contributed by atoms with Gasteiger partial charge in [0.05, 0.1) is 0 Å². The summed E-state index contributed by atoms with van der Waals surface area (Å²) >= 11 is 0. The highest BCUT2D eigenvalue weighted by atomic mass is 16.4. The maximum absolute atomic E-state index is 13.1. The van der Waals surface area contributed by atoms with Crippen LogP contribution in [-0.2, 0) is 9.59 Å². The number of carbonyl (C=O) groups is 3. The fraction of sp³-hybridized carbons (Fsp3) is 0.571. The molecule has 0 bridgehead atoms. The van der Waals surface area contributed by atoms with Crippen molar-refractivity contribution < 1.29 is 19.5 Å². The van der Waals surface area contributed by atoms with Crippen molar-refractivity contribution in [3.63, 3.8) is 0 Å². The highest BCUT2D eigenvalue weighted by Gasteiger charge is 2.50. The highest BCUT2D eigenvalue weighted by molar-refractivity contribution is 5.94. The Bertz CT molecular complexity index is 727. The lowest BCUT2D eigenvalue weighted by Crippen LogP contribution is -2.48. The van der Waals surface area contributed by atoms with E-state index in [1.54, 1.807) is 21.9 Å². The van der Waals surface area contributed by atoms with Crippen molar-refractivity contribution in [3.8, 4) is 0 Å². The minimum Gasteiger partial charge on any atom is -0.480 e. The zero-order valence-corrected chi connectivity index (χ0v) is 15.4. The third kappa shape index (κ3) is 3.33. The van der Waals surface area contributed by atoms with E-state index in [4.69, 9.17) is 0 Å². The normalized spacial score (nSPS) is 28.2. The maximum atomic E-state index is 13.1. The molecular weight excluding hydrogens is 344 g/mol. The van der Waals surface area contributed by atoms with Crippen molar-refractivity contribution in [3.05, 3.63) is 35.9 Å². The molecule has 0 spiro atoms. The van der Waals surface area contributed by atoms with Crippen LogP contribution >= 0.6 is 0 Å². The van der Waals surface area contributed by atoms with Gasteiger partial charge >= 0.3 is 5.97 Å². The summed E-state index contributed by atoms with van der Waals surface area (Å²) in [5.74, 6) is -0.606. The molecule has 1 aliphatic carbocycles. The number of carbonyl (C=O) groups excluding carboxylic acids is 2. The molecule has 1 aromatic carbocycles. The molecule has 2 saturated heterocycles. The average molecular weight is 370 g/mol. The summed E-state index contributed by atoms with van der Waals surface area (Å²) in [5.41, 5.74) is 0.667. The van der Waals surface area contributed by atoms with Crippen LogP contribution in [0.25, 0.3) is 0 Å². The fourth-order valence-corrected chi connectivity index (χ4v) is 5.18. The highest BCUT2D eigenvalue weighted by Crippen LogP contribution is 2.43. The monoisotopic (exact) mass is 370 g/mol. The first kappa shape index (κ1) is 18.0. The molecule has 0 radical (unpaired) electrons. The van der Waals surface area contributed by atoms with Gasteiger partial charge in [0.2, 0.25) is 5.91 Å². The van der Waals surface area contributed by atoms with E-state index < -0.39 is 12.0 Å². The molecule has 2 aliphatic heterocycles. The van der Waals surface area contributed by atoms with E-state index in [1.807, 2.05) is 18.2 Å². The van der Waals surface area contributed by atoms with Gasteiger partial charge in [-0.3, -0.25) is 9.59 Å². The molecule has 3 atom stereocenters. The lowest BCUT2D eigenvalue weighted by atomic mass is 9.92. The third-order valence-electron chi connectivity index (χ3n) is 6.58. The van der Waals surface area contributed by atoms with Gasteiger partial charge in [0.25, 0.3) is 5.91 Å². The predicted molar refractivity (Wildman–Crippen MR) is 99.0 cm³/mol. The summed E-state index contributed by atoms with van der Waals surface area (Å²) in [6.07, 6.45) is 4.23. The molecule has 0 aromatic heterocycles. The lowest BCUT2D eigenvalue weighted by Gasteiger charge is -2.34. The first-order chi connectivity index (χ1) is 13.1. The van der Waals surface area contributed by atoms with Gasteiger partial charge < -0.3 is 14.9 Å². The standard InChI is InChI=1S/C21H26N2O4/c24-19(14-5-2-1-3-6-14)22-11-9-15(10-12-22)20(25)23-13-16-7-4-8-17(16)18(23)21(26)27/h1-3,5-6,15-18H,4,7-13H2,(H,26,27). The van der Waals surface area contributed by atoms with Gasteiger partial charge in [0, 0.05) is 31.1 Å². The first-order valence-electron chi connectivity index (χ1n) is 9.94. The number of rotatable bonds is 3. The van der Waals surface area contributed by atoms with Crippen LogP contribution in [0.1, 0.15) is 42.5 Å². The molecule has 27 heavy (non-hydrogen) atoms. The van der Waals surface area contributed by atoms with Crippen LogP contribution < -0.4 is 0 Å². The first-order valence-corrected chi connectivity index (χ1v) is 9.94. The van der Waals surface area contributed by atoms with Crippen molar-refractivity contribution in [1.29, 1.82) is 0 Å². The molecule has 3 unspecified atom stereocenters. The molecular formula is C21H26N2O4. The summed E-state index contributed by atoms with van der Waals surface area (Å²) < 4.78 is 0. The largest absolute Gasteiger partial charge is 0.480 e. The van der Waals surface area contributed by atoms with Gasteiger partial charge in [-0.1, -0.05) is 24.6 Å². The summed E-state index contributed by atoms with van der Waals surface area (Å²) in [4.78, 5) is 40.8. The van der Waals surface area contributed by atoms with Crippen LogP contribution in [0.2, 0.25) is 0 Å². The van der Waals surface area contributed by atoms with Crippen LogP contribution in [0, 0.1) is 17.8 Å². The Kier molecular flexibility index (Phi) is 4.89. The van der Waals surface area contributed by atoms with E-state index in [0.717, 1.165) is 19.3 Å². The quantitative estimate of drug-likeness (QED) is 0.885. The molecule has 2 heterocycles. The maximum Gasteiger partial charge on any atom is 0.326 e. The molecule has 2 amide bonds. The number of piperidine rings is 1. The van der Waals surface area contributed by atoms with Gasteiger partial charge in [0.1, 0.15) is 6.04 Å². The van der Waals surface area contributed by atoms with Crippen LogP contribution in [0.15, 0.2) is 30.3 Å². The summed E-state index contributed by atoms with van der Waals surface area (Å²) in [5, 5.41) is 9.67. The van der Waals surface area contributed by atoms with Gasteiger partial charge in [-0.05, 0) is 49.7 Å². The Balaban J connectivity index is 1.39. The second-order valence-corrected chi connectivity index (χ2v) is 8.06. The number of aliphatic carboxylic acids is 1. The number of fused-ring (bicyclic) bond motifs is 1. The van der Waals surface area contributed by atoms with E-state index in [2.05, 4.69) is 0 Å². The molecule has 1 saturated carbocycles. The minimum absolute atomic E-state index is 0.000570. The topological polar surface area (TPSA) is 77.9 Å². The third-order valence-corrected chi connectivity index (χ3v) is 6.58. The van der Waals surface area contributed by atoms with Crippen molar-refractivity contribution in [2.75, 3.05) is 19.6 Å². The van der Waals surface area contributed by atoms with Gasteiger partial charge in [0.15, 0.2) is 0 Å². The molecule has 3 aliphatic rings. The van der Waals surface area contributed by atoms with Crippen molar-refractivity contribution in [2.24, 2.45) is 17.8 Å². The lowest BCUT2D eigenvalue weighted by molar-refractivity contribution is -0.151. The molecule has 6 nitrogen and oxygen atoms in total. The van der Waals surface area contributed by atoms with Crippen LogP contribution in [0.3, 0.4) is 0 Å². The summed E-state index contributed by atoms with van der Waals surface area (Å²) in [6.45, 7) is 1.68. The van der Waals surface area contributed by atoms with Crippen LogP contribution in [-0.4, -0.2) is 58.4 Å². The van der Waals surface area contributed by atoms with Crippen LogP contribution in [0.4, 0.5) is 0 Å². The summed E-state index contributed by atoms with van der Waals surface area (Å²) in [6, 6.07) is 8.53. The van der Waals surface area contributed by atoms with E-state index in [1.165, 1.54) is 0 Å². The number of likely N-dealkylation sites (tertiary alicyclic amines) is 2. The zero-order chi connectivity index (χ0) is 19.0. The Hall–Kier alpha value is -2.37. The number of hydrogen-bond acceptors (Lipinski definition) is 3. The van der Waals surface area contributed by atoms with Crippen molar-refractivity contribution in [2.45, 2.75) is 38.1 Å². The number of nitrogens with zero attached hydrogens (tertiary/aromatic N) is 2. The predicted octanol–water partition coefficient (Wildman–Crippen LogP) is 2.25. The van der Waals surface area contributed by atoms with E-state index in [9.17, 15) is 19.5 Å². The Morgan fingerprint density at radius 3 is 2.33 bits per heavy atom. The average Bonchev–Trinajstić information content (AvgIpc) is 3.28.